The van der Waals surface area contributed by atoms with Crippen LogP contribution in [-0.4, -0.2) is 9.97 Å². The Hall–Kier alpha value is -0.580. The van der Waals surface area contributed by atoms with E-state index in [0.717, 1.165) is 21.7 Å². The first-order valence-electron chi connectivity index (χ1n) is 7.12. The van der Waals surface area contributed by atoms with Gasteiger partial charge in [-0.25, -0.2) is 9.97 Å². The molecule has 1 aromatic carbocycles. The number of thioether (sulfide) groups is 1. The SMILES string of the molecule is Clc1cc(C2CCCC2)nc(CSc2ccc(Br)cc2)n1. The Balaban J connectivity index is 1.71. The molecular formula is C16H16BrClN2S. The molecule has 1 heterocycles. The van der Waals surface area contributed by atoms with E-state index in [0.29, 0.717) is 11.1 Å². The molecule has 0 bridgehead atoms. The minimum Gasteiger partial charge on any atom is -0.237 e. The minimum absolute atomic E-state index is 0.568. The lowest BCUT2D eigenvalue weighted by Gasteiger charge is -2.10. The normalized spacial score (nSPS) is 15.5. The Morgan fingerprint density at radius 3 is 2.57 bits per heavy atom. The molecule has 0 amide bonds. The highest BCUT2D eigenvalue weighted by atomic mass is 79.9. The molecule has 3 rings (SSSR count). The fourth-order valence-corrected chi connectivity index (χ4v) is 3.88. The summed E-state index contributed by atoms with van der Waals surface area (Å²) in [6.07, 6.45) is 5.06. The van der Waals surface area contributed by atoms with Crippen molar-refractivity contribution in [2.45, 2.75) is 42.2 Å². The van der Waals surface area contributed by atoms with Crippen molar-refractivity contribution in [3.05, 3.63) is 51.5 Å². The lowest BCUT2D eigenvalue weighted by Crippen LogP contribution is -2.02. The maximum absolute atomic E-state index is 6.16. The Morgan fingerprint density at radius 2 is 1.86 bits per heavy atom. The highest BCUT2D eigenvalue weighted by Gasteiger charge is 2.19. The van der Waals surface area contributed by atoms with E-state index < -0.39 is 0 Å². The summed E-state index contributed by atoms with van der Waals surface area (Å²) in [6, 6.07) is 10.2. The van der Waals surface area contributed by atoms with Crippen molar-refractivity contribution in [2.24, 2.45) is 0 Å². The summed E-state index contributed by atoms with van der Waals surface area (Å²) < 4.78 is 1.09. The number of halogens is 2. The van der Waals surface area contributed by atoms with Gasteiger partial charge >= 0.3 is 0 Å². The van der Waals surface area contributed by atoms with Gasteiger partial charge < -0.3 is 0 Å². The molecule has 2 aromatic rings. The summed E-state index contributed by atoms with van der Waals surface area (Å²) in [4.78, 5) is 10.3. The van der Waals surface area contributed by atoms with Crippen LogP contribution in [0.3, 0.4) is 0 Å². The molecule has 0 unspecified atom stereocenters. The Kier molecular flexibility index (Phi) is 5.19. The minimum atomic E-state index is 0.568. The molecule has 1 aliphatic carbocycles. The molecular weight excluding hydrogens is 368 g/mol. The topological polar surface area (TPSA) is 25.8 Å². The van der Waals surface area contributed by atoms with Gasteiger partial charge in [-0.2, -0.15) is 0 Å². The van der Waals surface area contributed by atoms with Gasteiger partial charge in [-0.05, 0) is 43.2 Å². The molecule has 0 saturated heterocycles. The highest BCUT2D eigenvalue weighted by molar-refractivity contribution is 9.10. The number of hydrogen-bond acceptors (Lipinski definition) is 3. The van der Waals surface area contributed by atoms with Gasteiger partial charge in [0.25, 0.3) is 0 Å². The van der Waals surface area contributed by atoms with Gasteiger partial charge in [0.2, 0.25) is 0 Å². The fourth-order valence-electron chi connectivity index (χ4n) is 2.66. The molecule has 1 aliphatic rings. The summed E-state index contributed by atoms with van der Waals surface area (Å²) in [5, 5.41) is 0.568. The van der Waals surface area contributed by atoms with Gasteiger partial charge in [-0.3, -0.25) is 0 Å². The number of rotatable bonds is 4. The summed E-state index contributed by atoms with van der Waals surface area (Å²) >= 11 is 11.3. The van der Waals surface area contributed by atoms with Crippen LogP contribution in [0, 0.1) is 0 Å². The van der Waals surface area contributed by atoms with Crippen LogP contribution in [0.5, 0.6) is 0 Å². The van der Waals surface area contributed by atoms with Gasteiger partial charge in [0, 0.05) is 21.0 Å². The largest absolute Gasteiger partial charge is 0.237 e. The maximum Gasteiger partial charge on any atom is 0.140 e. The third-order valence-electron chi connectivity index (χ3n) is 3.72. The maximum atomic E-state index is 6.16. The smallest absolute Gasteiger partial charge is 0.140 e. The van der Waals surface area contributed by atoms with E-state index >= 15 is 0 Å². The van der Waals surface area contributed by atoms with E-state index in [4.69, 9.17) is 16.6 Å². The van der Waals surface area contributed by atoms with E-state index in [1.54, 1.807) is 11.8 Å². The Labute approximate surface area is 142 Å². The average Bonchev–Trinajstić information content (AvgIpc) is 3.00. The van der Waals surface area contributed by atoms with Crippen LogP contribution < -0.4 is 0 Å². The van der Waals surface area contributed by atoms with Crippen molar-refractivity contribution in [2.75, 3.05) is 0 Å². The summed E-state index contributed by atoms with van der Waals surface area (Å²) in [5.41, 5.74) is 1.12. The van der Waals surface area contributed by atoms with Gasteiger partial charge in [-0.15, -0.1) is 11.8 Å². The van der Waals surface area contributed by atoms with E-state index in [2.05, 4.69) is 33.0 Å². The second-order valence-electron chi connectivity index (χ2n) is 5.26. The predicted molar refractivity (Wildman–Crippen MR) is 92.0 cm³/mol. The Bertz CT molecular complexity index is 612. The van der Waals surface area contributed by atoms with Crippen LogP contribution in [0.15, 0.2) is 39.7 Å². The third kappa shape index (κ3) is 4.21. The fraction of sp³-hybridized carbons (Fsp3) is 0.375. The molecule has 0 spiro atoms. The van der Waals surface area contributed by atoms with Crippen molar-refractivity contribution in [3.63, 3.8) is 0 Å². The first kappa shape index (κ1) is 15.3. The molecule has 0 radical (unpaired) electrons. The van der Waals surface area contributed by atoms with Crippen molar-refractivity contribution in [1.82, 2.24) is 9.97 Å². The Morgan fingerprint density at radius 1 is 1.14 bits per heavy atom. The molecule has 1 fully saturated rings. The van der Waals surface area contributed by atoms with Gasteiger partial charge in [0.15, 0.2) is 0 Å². The number of aromatic nitrogens is 2. The van der Waals surface area contributed by atoms with Gasteiger partial charge in [0.1, 0.15) is 11.0 Å². The predicted octanol–water partition coefficient (Wildman–Crippen LogP) is 5.84. The molecule has 0 atom stereocenters. The lowest BCUT2D eigenvalue weighted by atomic mass is 10.0. The van der Waals surface area contributed by atoms with E-state index in [1.165, 1.54) is 30.6 Å². The summed E-state index contributed by atoms with van der Waals surface area (Å²) in [7, 11) is 0. The highest BCUT2D eigenvalue weighted by Crippen LogP contribution is 2.34. The summed E-state index contributed by atoms with van der Waals surface area (Å²) in [6.45, 7) is 0. The molecule has 0 aliphatic heterocycles. The van der Waals surface area contributed by atoms with E-state index in [1.807, 2.05) is 18.2 Å². The molecule has 21 heavy (non-hydrogen) atoms. The van der Waals surface area contributed by atoms with Gasteiger partial charge in [0.05, 0.1) is 5.75 Å². The number of benzene rings is 1. The summed E-state index contributed by atoms with van der Waals surface area (Å²) in [5.74, 6) is 2.15. The van der Waals surface area contributed by atoms with Crippen molar-refractivity contribution >= 4 is 39.3 Å². The van der Waals surface area contributed by atoms with Crippen LogP contribution in [0.25, 0.3) is 0 Å². The van der Waals surface area contributed by atoms with E-state index in [-0.39, 0.29) is 0 Å². The zero-order valence-electron chi connectivity index (χ0n) is 11.6. The van der Waals surface area contributed by atoms with Crippen LogP contribution >= 0.6 is 39.3 Å². The molecule has 0 N–H and O–H groups in total. The first-order chi connectivity index (χ1) is 10.2. The van der Waals surface area contributed by atoms with Crippen molar-refractivity contribution in [3.8, 4) is 0 Å². The number of nitrogens with zero attached hydrogens (tertiary/aromatic N) is 2. The van der Waals surface area contributed by atoms with Crippen LogP contribution in [0.2, 0.25) is 5.15 Å². The zero-order chi connectivity index (χ0) is 14.7. The second kappa shape index (κ2) is 7.12. The van der Waals surface area contributed by atoms with Crippen LogP contribution in [-0.2, 0) is 5.75 Å². The first-order valence-corrected chi connectivity index (χ1v) is 9.28. The second-order valence-corrected chi connectivity index (χ2v) is 7.61. The quantitative estimate of drug-likeness (QED) is 0.490. The molecule has 1 saturated carbocycles. The molecule has 1 aromatic heterocycles. The molecule has 110 valence electrons. The van der Waals surface area contributed by atoms with E-state index in [9.17, 15) is 0 Å². The van der Waals surface area contributed by atoms with Crippen molar-refractivity contribution < 1.29 is 0 Å². The monoisotopic (exact) mass is 382 g/mol. The van der Waals surface area contributed by atoms with Crippen LogP contribution in [0.4, 0.5) is 0 Å². The van der Waals surface area contributed by atoms with Crippen molar-refractivity contribution in [1.29, 1.82) is 0 Å². The van der Waals surface area contributed by atoms with Crippen LogP contribution in [0.1, 0.15) is 43.1 Å². The molecule has 2 nitrogen and oxygen atoms in total. The average molecular weight is 384 g/mol. The molecule has 5 heteroatoms. The zero-order valence-corrected chi connectivity index (χ0v) is 14.7. The van der Waals surface area contributed by atoms with Gasteiger partial charge in [-0.1, -0.05) is 40.4 Å². The number of hydrogen-bond donors (Lipinski definition) is 0. The lowest BCUT2D eigenvalue weighted by molar-refractivity contribution is 0.688. The standard InChI is InChI=1S/C16H16BrClN2S/c17-12-5-7-13(8-6-12)21-10-16-19-14(9-15(18)20-16)11-3-1-2-4-11/h5-9,11H,1-4,10H2. The third-order valence-corrected chi connectivity index (χ3v) is 5.45.